The Hall–Kier alpha value is -3.53. The van der Waals surface area contributed by atoms with Crippen LogP contribution >= 0.6 is 11.6 Å². The number of aromatic amines is 1. The van der Waals surface area contributed by atoms with Crippen molar-refractivity contribution in [1.29, 1.82) is 0 Å². The van der Waals surface area contributed by atoms with Gasteiger partial charge in [-0.05, 0) is 19.1 Å². The van der Waals surface area contributed by atoms with Gasteiger partial charge in [0.15, 0.2) is 17.3 Å². The number of piperazine rings is 1. The van der Waals surface area contributed by atoms with Gasteiger partial charge in [0.05, 0.1) is 28.3 Å². The summed E-state index contributed by atoms with van der Waals surface area (Å²) in [5.74, 6) is 2.12. The fraction of sp³-hybridized carbons (Fsp3) is 0.333. The SMILES string of the molecule is CC(=O)N1CCN(c2nc(C(C)Nc3ncnc4nc[nH]c34)nc3cccc(Cl)c23)CC1. The van der Waals surface area contributed by atoms with Crippen molar-refractivity contribution in [3.63, 3.8) is 0 Å². The lowest BCUT2D eigenvalue weighted by molar-refractivity contribution is -0.129. The smallest absolute Gasteiger partial charge is 0.219 e. The molecule has 4 aromatic rings. The third kappa shape index (κ3) is 3.66. The molecule has 164 valence electrons. The van der Waals surface area contributed by atoms with E-state index < -0.39 is 0 Å². The van der Waals surface area contributed by atoms with Gasteiger partial charge in [-0.2, -0.15) is 0 Å². The van der Waals surface area contributed by atoms with Crippen LogP contribution in [0.15, 0.2) is 30.9 Å². The van der Waals surface area contributed by atoms with Crippen LogP contribution in [-0.2, 0) is 4.79 Å². The van der Waals surface area contributed by atoms with Crippen molar-refractivity contribution in [2.75, 3.05) is 36.4 Å². The van der Waals surface area contributed by atoms with Gasteiger partial charge >= 0.3 is 0 Å². The maximum absolute atomic E-state index is 11.7. The van der Waals surface area contributed by atoms with E-state index in [0.29, 0.717) is 48.5 Å². The summed E-state index contributed by atoms with van der Waals surface area (Å²) in [6.07, 6.45) is 3.06. The van der Waals surface area contributed by atoms with E-state index >= 15 is 0 Å². The second kappa shape index (κ2) is 8.19. The van der Waals surface area contributed by atoms with E-state index in [9.17, 15) is 4.79 Å². The van der Waals surface area contributed by atoms with Crippen LogP contribution in [0.5, 0.6) is 0 Å². The van der Waals surface area contributed by atoms with Gasteiger partial charge in [0.1, 0.15) is 17.7 Å². The highest BCUT2D eigenvalue weighted by atomic mass is 35.5. The highest BCUT2D eigenvalue weighted by molar-refractivity contribution is 6.36. The van der Waals surface area contributed by atoms with Gasteiger partial charge in [0.25, 0.3) is 0 Å². The fourth-order valence-electron chi connectivity index (χ4n) is 3.94. The zero-order chi connectivity index (χ0) is 22.2. The number of aromatic nitrogens is 6. The lowest BCUT2D eigenvalue weighted by atomic mass is 10.2. The highest BCUT2D eigenvalue weighted by Crippen LogP contribution is 2.33. The summed E-state index contributed by atoms with van der Waals surface area (Å²) in [5, 5.41) is 4.79. The van der Waals surface area contributed by atoms with Crippen molar-refractivity contribution in [3.05, 3.63) is 41.7 Å². The second-order valence-electron chi connectivity index (χ2n) is 7.72. The molecule has 1 aliphatic rings. The van der Waals surface area contributed by atoms with Gasteiger partial charge in [0, 0.05) is 33.1 Å². The zero-order valence-corrected chi connectivity index (χ0v) is 18.5. The average molecular weight is 452 g/mol. The number of carbonyl (C=O) groups is 1. The van der Waals surface area contributed by atoms with Gasteiger partial charge in [-0.25, -0.2) is 24.9 Å². The minimum Gasteiger partial charge on any atom is -0.358 e. The molecule has 1 saturated heterocycles. The van der Waals surface area contributed by atoms with E-state index in [0.717, 1.165) is 22.2 Å². The quantitative estimate of drug-likeness (QED) is 0.486. The molecule has 1 aliphatic heterocycles. The first-order valence-electron chi connectivity index (χ1n) is 10.4. The number of nitrogens with one attached hydrogen (secondary N) is 2. The van der Waals surface area contributed by atoms with E-state index in [1.807, 2.05) is 30.0 Å². The van der Waals surface area contributed by atoms with Crippen LogP contribution in [0.2, 0.25) is 5.02 Å². The van der Waals surface area contributed by atoms with Crippen LogP contribution in [0.25, 0.3) is 22.1 Å². The molecule has 1 amide bonds. The van der Waals surface area contributed by atoms with E-state index in [2.05, 4.69) is 30.2 Å². The van der Waals surface area contributed by atoms with Gasteiger partial charge in [-0.15, -0.1) is 0 Å². The van der Waals surface area contributed by atoms with Gasteiger partial charge in [-0.3, -0.25) is 4.79 Å². The molecule has 1 aromatic carbocycles. The summed E-state index contributed by atoms with van der Waals surface area (Å²) in [5.41, 5.74) is 2.09. The molecule has 0 aliphatic carbocycles. The summed E-state index contributed by atoms with van der Waals surface area (Å²) in [7, 11) is 0. The number of imidazole rings is 1. The molecule has 1 fully saturated rings. The Labute approximate surface area is 189 Å². The van der Waals surface area contributed by atoms with Gasteiger partial charge < -0.3 is 20.1 Å². The third-order valence-electron chi connectivity index (χ3n) is 5.66. The second-order valence-corrected chi connectivity index (χ2v) is 8.13. The number of amides is 1. The highest BCUT2D eigenvalue weighted by Gasteiger charge is 2.24. The predicted molar refractivity (Wildman–Crippen MR) is 123 cm³/mol. The van der Waals surface area contributed by atoms with Crippen LogP contribution in [-0.4, -0.2) is 66.9 Å². The Morgan fingerprint density at radius 1 is 1.16 bits per heavy atom. The van der Waals surface area contributed by atoms with E-state index in [1.165, 1.54) is 6.33 Å². The van der Waals surface area contributed by atoms with Gasteiger partial charge in [0.2, 0.25) is 5.91 Å². The first kappa shape index (κ1) is 20.4. The Morgan fingerprint density at radius 3 is 2.75 bits per heavy atom. The van der Waals surface area contributed by atoms with Crippen molar-refractivity contribution in [3.8, 4) is 0 Å². The third-order valence-corrected chi connectivity index (χ3v) is 5.97. The average Bonchev–Trinajstić information content (AvgIpc) is 3.28. The van der Waals surface area contributed by atoms with E-state index in [4.69, 9.17) is 21.6 Å². The van der Waals surface area contributed by atoms with Crippen molar-refractivity contribution < 1.29 is 4.79 Å². The molecule has 0 radical (unpaired) electrons. The number of fused-ring (bicyclic) bond motifs is 2. The minimum atomic E-state index is -0.239. The molecular formula is C21H22ClN9O. The molecule has 1 atom stereocenters. The summed E-state index contributed by atoms with van der Waals surface area (Å²) < 4.78 is 0. The monoisotopic (exact) mass is 451 g/mol. The van der Waals surface area contributed by atoms with Crippen LogP contribution in [0.3, 0.4) is 0 Å². The molecule has 10 nitrogen and oxygen atoms in total. The Bertz CT molecular complexity index is 1300. The van der Waals surface area contributed by atoms with Crippen molar-refractivity contribution in [1.82, 2.24) is 34.8 Å². The number of H-pyrrole nitrogens is 1. The zero-order valence-electron chi connectivity index (χ0n) is 17.7. The number of hydrogen-bond acceptors (Lipinski definition) is 8. The predicted octanol–water partition coefficient (Wildman–Crippen LogP) is 2.79. The van der Waals surface area contributed by atoms with E-state index in [-0.39, 0.29) is 11.9 Å². The van der Waals surface area contributed by atoms with E-state index in [1.54, 1.807) is 13.3 Å². The normalized spacial score (nSPS) is 15.3. The maximum Gasteiger partial charge on any atom is 0.219 e. The molecule has 2 N–H and O–H groups in total. The molecule has 0 saturated carbocycles. The lowest BCUT2D eigenvalue weighted by Crippen LogP contribution is -2.48. The first-order valence-corrected chi connectivity index (χ1v) is 10.8. The lowest BCUT2D eigenvalue weighted by Gasteiger charge is -2.35. The standard InChI is InChI=1S/C21H22ClN9O/c1-12(27-20-17-19(24-10-23-17)25-11-26-20)18-28-15-5-3-4-14(22)16(15)21(29-18)31-8-6-30(7-9-31)13(2)32/h3-5,10-12H,6-9H2,1-2H3,(H2,23,24,25,26,27). The number of carbonyl (C=O) groups excluding carboxylic acids is 1. The first-order chi connectivity index (χ1) is 15.5. The summed E-state index contributed by atoms with van der Waals surface area (Å²) in [6.45, 7) is 6.23. The minimum absolute atomic E-state index is 0.0868. The van der Waals surface area contributed by atoms with Crippen LogP contribution in [0.1, 0.15) is 25.7 Å². The topological polar surface area (TPSA) is 116 Å². The molecule has 1 unspecified atom stereocenters. The van der Waals surface area contributed by atoms with Crippen molar-refractivity contribution >= 4 is 51.2 Å². The Balaban J connectivity index is 1.51. The number of rotatable bonds is 4. The van der Waals surface area contributed by atoms with Crippen LogP contribution in [0, 0.1) is 0 Å². The molecule has 5 rings (SSSR count). The molecule has 32 heavy (non-hydrogen) atoms. The van der Waals surface area contributed by atoms with Gasteiger partial charge in [-0.1, -0.05) is 17.7 Å². The van der Waals surface area contributed by atoms with Crippen molar-refractivity contribution in [2.45, 2.75) is 19.9 Å². The molecule has 3 aromatic heterocycles. The molecule has 4 heterocycles. The number of benzene rings is 1. The molecule has 0 bridgehead atoms. The molecule has 0 spiro atoms. The Morgan fingerprint density at radius 2 is 1.97 bits per heavy atom. The molecular weight excluding hydrogens is 430 g/mol. The summed E-state index contributed by atoms with van der Waals surface area (Å²) in [6, 6.07) is 5.43. The number of nitrogens with zero attached hydrogens (tertiary/aromatic N) is 7. The van der Waals surface area contributed by atoms with Crippen LogP contribution in [0.4, 0.5) is 11.6 Å². The maximum atomic E-state index is 11.7. The fourth-order valence-corrected chi connectivity index (χ4v) is 4.19. The molecule has 11 heteroatoms. The number of hydrogen-bond donors (Lipinski definition) is 2. The largest absolute Gasteiger partial charge is 0.358 e. The van der Waals surface area contributed by atoms with Crippen molar-refractivity contribution in [2.24, 2.45) is 0 Å². The summed E-state index contributed by atoms with van der Waals surface area (Å²) >= 11 is 6.56. The van der Waals surface area contributed by atoms with Crippen LogP contribution < -0.4 is 10.2 Å². The number of anilines is 2. The summed E-state index contributed by atoms with van der Waals surface area (Å²) in [4.78, 5) is 41.2. The Kier molecular flexibility index (Phi) is 5.22. The number of halogens is 1.